The van der Waals surface area contributed by atoms with Crippen molar-refractivity contribution in [1.29, 1.82) is 0 Å². The molecule has 6 rings (SSSR count). The smallest absolute Gasteiger partial charge is 0.273 e. The standard InChI is InChI=1S/C22H18ClFN8O/c23-16-4-6-31-12-26-17(21(31)20(16)24)8-25-22(33)18-11-32(29-28-18)10-15-9-30-5-3-14(13-1-2-13)7-19(30)27-15/h3-7,9,11-13H,1-2,8,10H2,(H,25,33). The van der Waals surface area contributed by atoms with E-state index in [2.05, 4.69) is 37.7 Å². The topological polar surface area (TPSA) is 94.4 Å². The molecule has 0 aliphatic heterocycles. The predicted molar refractivity (Wildman–Crippen MR) is 118 cm³/mol. The van der Waals surface area contributed by atoms with Gasteiger partial charge < -0.3 is 14.1 Å². The Labute approximate surface area is 191 Å². The van der Waals surface area contributed by atoms with Crippen LogP contribution in [0.4, 0.5) is 4.39 Å². The van der Waals surface area contributed by atoms with Crippen molar-refractivity contribution >= 4 is 28.7 Å². The van der Waals surface area contributed by atoms with Gasteiger partial charge >= 0.3 is 0 Å². The van der Waals surface area contributed by atoms with Gasteiger partial charge in [0.1, 0.15) is 11.2 Å². The van der Waals surface area contributed by atoms with Crippen molar-refractivity contribution < 1.29 is 9.18 Å². The highest BCUT2D eigenvalue weighted by atomic mass is 35.5. The number of carbonyl (C=O) groups is 1. The van der Waals surface area contributed by atoms with Gasteiger partial charge in [0.25, 0.3) is 5.91 Å². The fraction of sp³-hybridized carbons (Fsp3) is 0.227. The van der Waals surface area contributed by atoms with Crippen LogP contribution in [-0.4, -0.2) is 39.7 Å². The Morgan fingerprint density at radius 3 is 2.91 bits per heavy atom. The van der Waals surface area contributed by atoms with E-state index in [0.717, 1.165) is 11.3 Å². The van der Waals surface area contributed by atoms with E-state index < -0.39 is 11.7 Å². The van der Waals surface area contributed by atoms with E-state index in [0.29, 0.717) is 18.2 Å². The molecule has 1 aliphatic rings. The first-order valence-electron chi connectivity index (χ1n) is 10.5. The lowest BCUT2D eigenvalue weighted by Gasteiger charge is -2.03. The van der Waals surface area contributed by atoms with Crippen LogP contribution < -0.4 is 5.32 Å². The maximum Gasteiger partial charge on any atom is 0.273 e. The Morgan fingerprint density at radius 1 is 1.21 bits per heavy atom. The van der Waals surface area contributed by atoms with E-state index in [1.165, 1.54) is 35.2 Å². The molecule has 1 amide bonds. The van der Waals surface area contributed by atoms with Crippen molar-refractivity contribution in [3.63, 3.8) is 0 Å². The number of halogens is 2. The Hall–Kier alpha value is -3.79. The van der Waals surface area contributed by atoms with Crippen molar-refractivity contribution in [2.24, 2.45) is 0 Å². The summed E-state index contributed by atoms with van der Waals surface area (Å²) in [5, 5.41) is 10.7. The molecule has 1 aliphatic carbocycles. The predicted octanol–water partition coefficient (Wildman–Crippen LogP) is 3.22. The first kappa shape index (κ1) is 19.9. The molecule has 9 nitrogen and oxygen atoms in total. The summed E-state index contributed by atoms with van der Waals surface area (Å²) >= 11 is 5.86. The highest BCUT2D eigenvalue weighted by molar-refractivity contribution is 6.31. The van der Waals surface area contributed by atoms with Crippen LogP contribution in [-0.2, 0) is 13.1 Å². The zero-order valence-corrected chi connectivity index (χ0v) is 18.1. The molecule has 11 heteroatoms. The normalized spacial score (nSPS) is 13.8. The number of fused-ring (bicyclic) bond motifs is 2. The van der Waals surface area contributed by atoms with Crippen LogP contribution in [0.1, 0.15) is 46.2 Å². The van der Waals surface area contributed by atoms with Crippen LogP contribution in [0.15, 0.2) is 49.3 Å². The summed E-state index contributed by atoms with van der Waals surface area (Å²) in [5.41, 5.74) is 3.78. The van der Waals surface area contributed by atoms with Crippen LogP contribution in [0, 0.1) is 5.82 Å². The molecule has 0 bridgehead atoms. The van der Waals surface area contributed by atoms with Crippen LogP contribution in [0.25, 0.3) is 11.2 Å². The minimum atomic E-state index is -0.580. The van der Waals surface area contributed by atoms with Gasteiger partial charge in [0.05, 0.1) is 42.0 Å². The number of pyridine rings is 2. The molecule has 166 valence electrons. The van der Waals surface area contributed by atoms with E-state index in [-0.39, 0.29) is 22.8 Å². The molecular formula is C22H18ClFN8O. The fourth-order valence-electron chi connectivity index (χ4n) is 3.91. The van der Waals surface area contributed by atoms with E-state index >= 15 is 0 Å². The maximum absolute atomic E-state index is 14.4. The summed E-state index contributed by atoms with van der Waals surface area (Å²) in [5.74, 6) is -0.349. The molecule has 5 aromatic heterocycles. The first-order valence-corrected chi connectivity index (χ1v) is 10.9. The van der Waals surface area contributed by atoms with Gasteiger partial charge in [0, 0.05) is 18.6 Å². The van der Waals surface area contributed by atoms with Crippen LogP contribution in [0.5, 0.6) is 0 Å². The number of carbonyl (C=O) groups excluding carboxylic acids is 1. The lowest BCUT2D eigenvalue weighted by molar-refractivity contribution is 0.0945. The van der Waals surface area contributed by atoms with Crippen LogP contribution in [0.3, 0.4) is 0 Å². The number of nitrogens with zero attached hydrogens (tertiary/aromatic N) is 7. The number of amides is 1. The summed E-state index contributed by atoms with van der Waals surface area (Å²) in [4.78, 5) is 21.4. The molecule has 0 spiro atoms. The summed E-state index contributed by atoms with van der Waals surface area (Å²) in [7, 11) is 0. The largest absolute Gasteiger partial charge is 0.345 e. The van der Waals surface area contributed by atoms with E-state index in [4.69, 9.17) is 11.6 Å². The first-order chi connectivity index (χ1) is 16.0. The second kappa shape index (κ2) is 7.66. The summed E-state index contributed by atoms with van der Waals surface area (Å²) in [6, 6.07) is 5.70. The Balaban J connectivity index is 1.14. The minimum Gasteiger partial charge on any atom is -0.345 e. The molecule has 1 N–H and O–H groups in total. The monoisotopic (exact) mass is 464 g/mol. The third-order valence-electron chi connectivity index (χ3n) is 5.76. The lowest BCUT2D eigenvalue weighted by atomic mass is 10.2. The Bertz CT molecular complexity index is 1520. The van der Waals surface area contributed by atoms with Gasteiger partial charge in [-0.3, -0.25) is 4.79 Å². The van der Waals surface area contributed by atoms with Gasteiger partial charge in [-0.05, 0) is 42.5 Å². The number of aromatic nitrogens is 7. The number of hydrogen-bond donors (Lipinski definition) is 1. The average Bonchev–Trinajstić information content (AvgIpc) is 3.23. The summed E-state index contributed by atoms with van der Waals surface area (Å²) < 4.78 is 19.4. The maximum atomic E-state index is 14.4. The number of imidazole rings is 2. The summed E-state index contributed by atoms with van der Waals surface area (Å²) in [6.45, 7) is 0.408. The second-order valence-corrected chi connectivity index (χ2v) is 8.55. The molecular weight excluding hydrogens is 447 g/mol. The molecule has 0 radical (unpaired) electrons. The van der Waals surface area contributed by atoms with E-state index in [1.54, 1.807) is 17.1 Å². The molecule has 5 heterocycles. The Morgan fingerprint density at radius 2 is 2.06 bits per heavy atom. The highest BCUT2D eigenvalue weighted by Gasteiger charge is 2.23. The molecule has 5 aromatic rings. The third kappa shape index (κ3) is 3.72. The zero-order chi connectivity index (χ0) is 22.5. The van der Waals surface area contributed by atoms with E-state index in [9.17, 15) is 9.18 Å². The van der Waals surface area contributed by atoms with Crippen molar-refractivity contribution in [2.45, 2.75) is 31.8 Å². The number of hydrogen-bond acceptors (Lipinski definition) is 5. The third-order valence-corrected chi connectivity index (χ3v) is 6.06. The van der Waals surface area contributed by atoms with Gasteiger partial charge in [0.2, 0.25) is 0 Å². The number of rotatable bonds is 6. The molecule has 1 fully saturated rings. The molecule has 0 unspecified atom stereocenters. The molecule has 1 saturated carbocycles. The minimum absolute atomic E-state index is 0.00534. The second-order valence-electron chi connectivity index (χ2n) is 8.14. The van der Waals surface area contributed by atoms with Crippen LogP contribution >= 0.6 is 11.6 Å². The van der Waals surface area contributed by atoms with Gasteiger partial charge in [-0.1, -0.05) is 16.8 Å². The lowest BCUT2D eigenvalue weighted by Crippen LogP contribution is -2.23. The summed E-state index contributed by atoms with van der Waals surface area (Å²) in [6.07, 6.45) is 11.1. The molecule has 0 atom stereocenters. The highest BCUT2D eigenvalue weighted by Crippen LogP contribution is 2.40. The van der Waals surface area contributed by atoms with Crippen molar-refractivity contribution in [3.8, 4) is 0 Å². The zero-order valence-electron chi connectivity index (χ0n) is 17.3. The quantitative estimate of drug-likeness (QED) is 0.416. The van der Waals surface area contributed by atoms with Gasteiger partial charge in [-0.15, -0.1) is 5.10 Å². The molecule has 0 saturated heterocycles. The van der Waals surface area contributed by atoms with Gasteiger partial charge in [0.15, 0.2) is 11.5 Å². The molecule has 33 heavy (non-hydrogen) atoms. The van der Waals surface area contributed by atoms with E-state index in [1.807, 2.05) is 16.8 Å². The van der Waals surface area contributed by atoms with Crippen LogP contribution in [0.2, 0.25) is 5.02 Å². The number of nitrogens with one attached hydrogen (secondary N) is 1. The average molecular weight is 465 g/mol. The fourth-order valence-corrected chi connectivity index (χ4v) is 4.06. The van der Waals surface area contributed by atoms with Gasteiger partial charge in [-0.25, -0.2) is 19.0 Å². The Kier molecular flexibility index (Phi) is 4.61. The van der Waals surface area contributed by atoms with Gasteiger partial charge in [-0.2, -0.15) is 0 Å². The van der Waals surface area contributed by atoms with Crippen molar-refractivity contribution in [2.75, 3.05) is 0 Å². The van der Waals surface area contributed by atoms with Crippen molar-refractivity contribution in [3.05, 3.63) is 82.8 Å². The molecule has 0 aromatic carbocycles. The van der Waals surface area contributed by atoms with Crippen molar-refractivity contribution in [1.82, 2.24) is 39.1 Å². The SMILES string of the molecule is O=C(NCc1ncn2ccc(Cl)c(F)c12)c1cn(Cc2cn3ccc(C4CC4)cc3n2)nn1.